The number of nitrogens with zero attached hydrogens (tertiary/aromatic N) is 2. The highest BCUT2D eigenvalue weighted by Crippen LogP contribution is 2.40. The smallest absolute Gasteiger partial charge is 0.353 e. The van der Waals surface area contributed by atoms with Gasteiger partial charge in [-0.1, -0.05) is 12.1 Å². The molecule has 6 nitrogen and oxygen atoms in total. The maximum atomic E-state index is 12.0. The largest absolute Gasteiger partial charge is 0.461 e. The summed E-state index contributed by atoms with van der Waals surface area (Å²) in [6, 6.07) is 7.78. The number of hydrogen-bond acceptors (Lipinski definition) is 6. The Bertz CT molecular complexity index is 923. The molecule has 4 rings (SSSR count). The number of hydrogen-bond donors (Lipinski definition) is 0. The predicted molar refractivity (Wildman–Crippen MR) is 98.8 cm³/mol. The van der Waals surface area contributed by atoms with E-state index >= 15 is 0 Å². The number of aliphatic imine (C=N–C) groups is 2. The molecule has 2 aromatic rings. The Hall–Kier alpha value is -3.02. The Kier molecular flexibility index (Phi) is 4.03. The van der Waals surface area contributed by atoms with E-state index in [1.807, 2.05) is 24.3 Å². The first-order valence-electron chi connectivity index (χ1n) is 8.69. The van der Waals surface area contributed by atoms with Crippen LogP contribution in [-0.2, 0) is 31.9 Å². The van der Waals surface area contributed by atoms with E-state index in [1.165, 1.54) is 0 Å². The van der Waals surface area contributed by atoms with Crippen molar-refractivity contribution in [1.29, 1.82) is 0 Å². The SMILES string of the molecule is CCOC(=O)C1=Nc2ccc3c4c(ccc3c2C1)N=C(C(=O)OCC)C4. The Labute approximate surface area is 150 Å². The van der Waals surface area contributed by atoms with Crippen molar-refractivity contribution in [3.05, 3.63) is 35.4 Å². The molecule has 0 aromatic heterocycles. The fourth-order valence-electron chi connectivity index (χ4n) is 3.46. The topological polar surface area (TPSA) is 77.3 Å². The fraction of sp³-hybridized carbons (Fsp3) is 0.300. The highest BCUT2D eigenvalue weighted by molar-refractivity contribution is 6.40. The second-order valence-corrected chi connectivity index (χ2v) is 6.13. The molecular formula is C20H18N2O4. The molecule has 2 aliphatic heterocycles. The quantitative estimate of drug-likeness (QED) is 0.793. The van der Waals surface area contributed by atoms with E-state index in [4.69, 9.17) is 9.47 Å². The molecule has 0 saturated heterocycles. The first-order valence-corrected chi connectivity index (χ1v) is 8.69. The van der Waals surface area contributed by atoms with Gasteiger partial charge in [0.25, 0.3) is 0 Å². The van der Waals surface area contributed by atoms with Gasteiger partial charge >= 0.3 is 11.9 Å². The van der Waals surface area contributed by atoms with Crippen LogP contribution < -0.4 is 0 Å². The molecule has 2 aliphatic rings. The second-order valence-electron chi connectivity index (χ2n) is 6.13. The second kappa shape index (κ2) is 6.37. The molecule has 0 unspecified atom stereocenters. The van der Waals surface area contributed by atoms with Crippen molar-refractivity contribution in [2.45, 2.75) is 26.7 Å². The summed E-state index contributed by atoms with van der Waals surface area (Å²) in [4.78, 5) is 32.8. The third-order valence-electron chi connectivity index (χ3n) is 4.60. The van der Waals surface area contributed by atoms with Crippen LogP contribution in [0.2, 0.25) is 0 Å². The van der Waals surface area contributed by atoms with Crippen LogP contribution in [0.4, 0.5) is 11.4 Å². The van der Waals surface area contributed by atoms with E-state index < -0.39 is 0 Å². The van der Waals surface area contributed by atoms with E-state index in [1.54, 1.807) is 13.8 Å². The lowest BCUT2D eigenvalue weighted by Gasteiger charge is -2.08. The van der Waals surface area contributed by atoms with Crippen molar-refractivity contribution in [2.75, 3.05) is 13.2 Å². The molecule has 0 fully saturated rings. The van der Waals surface area contributed by atoms with Crippen molar-refractivity contribution in [1.82, 2.24) is 0 Å². The average molecular weight is 350 g/mol. The number of rotatable bonds is 4. The van der Waals surface area contributed by atoms with Crippen LogP contribution in [-0.4, -0.2) is 36.6 Å². The number of fused-ring (bicyclic) bond motifs is 5. The Balaban J connectivity index is 1.69. The Morgan fingerprint density at radius 3 is 1.62 bits per heavy atom. The van der Waals surface area contributed by atoms with E-state index in [-0.39, 0.29) is 11.9 Å². The molecule has 0 atom stereocenters. The molecule has 0 bridgehead atoms. The van der Waals surface area contributed by atoms with Gasteiger partial charge in [-0.15, -0.1) is 0 Å². The lowest BCUT2D eigenvalue weighted by atomic mass is 9.95. The number of carbonyl (C=O) groups excluding carboxylic acids is 2. The summed E-state index contributed by atoms with van der Waals surface area (Å²) in [5.74, 6) is -0.739. The number of benzene rings is 2. The van der Waals surface area contributed by atoms with Gasteiger partial charge in [0.2, 0.25) is 0 Å². The molecule has 2 heterocycles. The molecule has 0 amide bonds. The van der Waals surface area contributed by atoms with E-state index in [0.29, 0.717) is 37.5 Å². The highest BCUT2D eigenvalue weighted by atomic mass is 16.5. The minimum Gasteiger partial charge on any atom is -0.461 e. The monoisotopic (exact) mass is 350 g/mol. The minimum absolute atomic E-state index is 0.330. The van der Waals surface area contributed by atoms with Crippen LogP contribution in [0.25, 0.3) is 10.8 Å². The van der Waals surface area contributed by atoms with Crippen LogP contribution in [0.15, 0.2) is 34.3 Å². The van der Waals surface area contributed by atoms with Crippen molar-refractivity contribution in [2.24, 2.45) is 9.98 Å². The van der Waals surface area contributed by atoms with Gasteiger partial charge in [0.15, 0.2) is 0 Å². The van der Waals surface area contributed by atoms with E-state index in [2.05, 4.69) is 9.98 Å². The fourth-order valence-corrected chi connectivity index (χ4v) is 3.46. The van der Waals surface area contributed by atoms with Crippen molar-refractivity contribution in [3.63, 3.8) is 0 Å². The Morgan fingerprint density at radius 2 is 1.23 bits per heavy atom. The summed E-state index contributed by atoms with van der Waals surface area (Å²) in [7, 11) is 0. The summed E-state index contributed by atoms with van der Waals surface area (Å²) in [5.41, 5.74) is 4.47. The van der Waals surface area contributed by atoms with E-state index in [9.17, 15) is 9.59 Å². The highest BCUT2D eigenvalue weighted by Gasteiger charge is 2.27. The lowest BCUT2D eigenvalue weighted by Crippen LogP contribution is -2.17. The van der Waals surface area contributed by atoms with Gasteiger partial charge in [0.1, 0.15) is 11.4 Å². The summed E-state index contributed by atoms with van der Waals surface area (Å²) >= 11 is 0. The zero-order chi connectivity index (χ0) is 18.3. The first kappa shape index (κ1) is 16.4. The molecule has 6 heteroatoms. The Morgan fingerprint density at radius 1 is 0.808 bits per heavy atom. The number of esters is 2. The number of ether oxygens (including phenoxy) is 2. The molecule has 132 valence electrons. The minimum atomic E-state index is -0.369. The van der Waals surface area contributed by atoms with Gasteiger partial charge in [0.05, 0.1) is 24.6 Å². The number of carbonyl (C=O) groups is 2. The maximum absolute atomic E-state index is 12.0. The molecule has 2 aromatic carbocycles. The van der Waals surface area contributed by atoms with Gasteiger partial charge in [-0.3, -0.25) is 0 Å². The summed E-state index contributed by atoms with van der Waals surface area (Å²) in [5, 5.41) is 2.06. The third-order valence-corrected chi connectivity index (χ3v) is 4.60. The van der Waals surface area contributed by atoms with Gasteiger partial charge in [-0.2, -0.15) is 0 Å². The standard InChI is InChI=1S/C20H18N2O4/c1-3-25-19(23)17-9-13-11-6-8-16-14(12(11)5-7-15(13)21-17)10-18(22-16)20(24)26-4-2/h5-8H,3-4,9-10H2,1-2H3. The third kappa shape index (κ3) is 2.58. The summed E-state index contributed by atoms with van der Waals surface area (Å²) in [6.45, 7) is 4.22. The van der Waals surface area contributed by atoms with Crippen LogP contribution in [0.5, 0.6) is 0 Å². The van der Waals surface area contributed by atoms with Gasteiger partial charge in [-0.25, -0.2) is 19.6 Å². The van der Waals surface area contributed by atoms with Crippen molar-refractivity contribution < 1.29 is 19.1 Å². The molecule has 0 spiro atoms. The average Bonchev–Trinajstić information content (AvgIpc) is 3.26. The molecule has 0 saturated carbocycles. The normalized spacial score (nSPS) is 14.5. The van der Waals surface area contributed by atoms with Crippen LogP contribution in [0.1, 0.15) is 25.0 Å². The summed E-state index contributed by atoms with van der Waals surface area (Å²) < 4.78 is 10.1. The zero-order valence-electron chi connectivity index (χ0n) is 14.7. The van der Waals surface area contributed by atoms with Crippen LogP contribution >= 0.6 is 0 Å². The molecule has 26 heavy (non-hydrogen) atoms. The lowest BCUT2D eigenvalue weighted by molar-refractivity contribution is -0.136. The van der Waals surface area contributed by atoms with Crippen LogP contribution in [0, 0.1) is 0 Å². The van der Waals surface area contributed by atoms with Crippen LogP contribution in [0.3, 0.4) is 0 Å². The maximum Gasteiger partial charge on any atom is 0.353 e. The summed E-state index contributed by atoms with van der Waals surface area (Å²) in [6.07, 6.45) is 0.908. The van der Waals surface area contributed by atoms with Crippen molar-refractivity contribution >= 4 is 45.5 Å². The molecule has 0 radical (unpaired) electrons. The van der Waals surface area contributed by atoms with Gasteiger partial charge in [-0.05, 0) is 47.9 Å². The first-order chi connectivity index (χ1) is 12.6. The predicted octanol–water partition coefficient (Wildman–Crippen LogP) is 3.22. The van der Waals surface area contributed by atoms with Gasteiger partial charge in [0, 0.05) is 12.8 Å². The van der Waals surface area contributed by atoms with Crippen molar-refractivity contribution in [3.8, 4) is 0 Å². The van der Waals surface area contributed by atoms with E-state index in [0.717, 1.165) is 33.3 Å². The molecule has 0 N–H and O–H groups in total. The van der Waals surface area contributed by atoms with Gasteiger partial charge < -0.3 is 9.47 Å². The molecular weight excluding hydrogens is 332 g/mol. The molecule has 0 aliphatic carbocycles. The zero-order valence-corrected chi connectivity index (χ0v) is 14.7.